The second-order valence-corrected chi connectivity index (χ2v) is 11.6. The fourth-order valence-corrected chi connectivity index (χ4v) is 6.32. The molecule has 0 spiro atoms. The lowest BCUT2D eigenvalue weighted by Gasteiger charge is -2.12. The van der Waals surface area contributed by atoms with Gasteiger partial charge in [0.25, 0.3) is 0 Å². The highest BCUT2D eigenvalue weighted by atomic mass is 16.3. The second-order valence-electron chi connectivity index (χ2n) is 11.6. The van der Waals surface area contributed by atoms with Crippen LogP contribution in [-0.4, -0.2) is 29.9 Å². The Morgan fingerprint density at radius 2 is 1.10 bits per heavy atom. The van der Waals surface area contributed by atoms with Crippen LogP contribution < -0.4 is 0 Å². The van der Waals surface area contributed by atoms with Crippen LogP contribution in [0.4, 0.5) is 0 Å². The molecule has 7 aromatic heterocycles. The van der Waals surface area contributed by atoms with Crippen LogP contribution in [0.25, 0.3) is 89.5 Å². The van der Waals surface area contributed by atoms with Crippen LogP contribution in [0.15, 0.2) is 163 Å². The molecule has 0 fully saturated rings. The van der Waals surface area contributed by atoms with Gasteiger partial charge in [0.1, 0.15) is 11.3 Å². The number of aromatic nitrogens is 6. The van der Waals surface area contributed by atoms with Crippen LogP contribution in [0.3, 0.4) is 0 Å². The third kappa shape index (κ3) is 5.20. The highest BCUT2D eigenvalue weighted by Gasteiger charge is 2.24. The summed E-state index contributed by atoms with van der Waals surface area (Å²) in [5.74, 6) is 0.723. The Hall–Kier alpha value is -6.86. The molecule has 0 saturated carbocycles. The summed E-state index contributed by atoms with van der Waals surface area (Å²) in [6.07, 6.45) is 10.8. The van der Waals surface area contributed by atoms with E-state index in [4.69, 9.17) is 14.4 Å². The molecule has 49 heavy (non-hydrogen) atoms. The van der Waals surface area contributed by atoms with Gasteiger partial charge >= 0.3 is 0 Å². The fourth-order valence-electron chi connectivity index (χ4n) is 6.32. The van der Waals surface area contributed by atoms with Crippen LogP contribution in [-0.2, 0) is 0 Å². The molecule has 9 aromatic rings. The quantitative estimate of drug-likeness (QED) is 0.181. The molecule has 0 aliphatic heterocycles. The summed E-state index contributed by atoms with van der Waals surface area (Å²) in [7, 11) is 0. The molecule has 230 valence electrons. The van der Waals surface area contributed by atoms with E-state index in [1.165, 1.54) is 0 Å². The van der Waals surface area contributed by atoms with Gasteiger partial charge in [0.15, 0.2) is 0 Å². The largest absolute Gasteiger partial charge is 0.455 e. The van der Waals surface area contributed by atoms with Gasteiger partial charge in [-0.25, -0.2) is 9.97 Å². The molecule has 0 bridgehead atoms. The zero-order valence-electron chi connectivity index (χ0n) is 26.1. The normalized spacial score (nSPS) is 11.3. The third-order valence-corrected chi connectivity index (χ3v) is 8.55. The number of benzene rings is 2. The van der Waals surface area contributed by atoms with Crippen molar-refractivity contribution >= 4 is 21.9 Å². The predicted octanol–water partition coefficient (Wildman–Crippen LogP) is 9.96. The molecular weight excluding hydrogens is 605 g/mol. The van der Waals surface area contributed by atoms with E-state index in [0.717, 1.165) is 89.5 Å². The summed E-state index contributed by atoms with van der Waals surface area (Å²) in [5, 5.41) is 1.85. The number of para-hydroxylation sites is 1. The summed E-state index contributed by atoms with van der Waals surface area (Å²) in [5.41, 5.74) is 11.2. The van der Waals surface area contributed by atoms with Crippen molar-refractivity contribution in [3.8, 4) is 67.6 Å². The van der Waals surface area contributed by atoms with Crippen LogP contribution in [0.2, 0.25) is 0 Å². The zero-order chi connectivity index (χ0) is 32.6. The Kier molecular flexibility index (Phi) is 6.98. The molecule has 0 aliphatic carbocycles. The van der Waals surface area contributed by atoms with Crippen LogP contribution >= 0.6 is 0 Å². The highest BCUT2D eigenvalue weighted by molar-refractivity contribution is 6.16. The summed E-state index contributed by atoms with van der Waals surface area (Å²) in [6.45, 7) is 0. The number of hydrogen-bond donors (Lipinski definition) is 0. The van der Waals surface area contributed by atoms with Crippen molar-refractivity contribution in [2.45, 2.75) is 0 Å². The van der Waals surface area contributed by atoms with Gasteiger partial charge in [-0.1, -0.05) is 48.5 Å². The lowest BCUT2D eigenvalue weighted by atomic mass is 9.94. The number of fused-ring (bicyclic) bond motifs is 3. The molecule has 0 amide bonds. The molecule has 2 aromatic carbocycles. The molecule has 0 aliphatic rings. The summed E-state index contributed by atoms with van der Waals surface area (Å²) in [4.78, 5) is 28.4. The Morgan fingerprint density at radius 1 is 0.449 bits per heavy atom. The second kappa shape index (κ2) is 12.1. The van der Waals surface area contributed by atoms with Gasteiger partial charge in [-0.2, -0.15) is 0 Å². The molecule has 7 nitrogen and oxygen atoms in total. The molecule has 0 N–H and O–H groups in total. The molecule has 9 rings (SSSR count). The van der Waals surface area contributed by atoms with Crippen molar-refractivity contribution in [1.82, 2.24) is 29.9 Å². The van der Waals surface area contributed by atoms with E-state index in [-0.39, 0.29) is 0 Å². The average molecular weight is 631 g/mol. The first-order valence-corrected chi connectivity index (χ1v) is 15.9. The van der Waals surface area contributed by atoms with E-state index in [1.54, 1.807) is 24.8 Å². The average Bonchev–Trinajstić information content (AvgIpc) is 3.60. The standard InChI is InChI=1S/C42H26N6O/c1-2-15-33-32(14-1)42-39(38(29-12-8-18-43-25-29)41(49-42)30-13-9-19-44-26-30)40(48-33)28-11-7-10-27(22-28)31-23-36(34-16-3-5-20-45-34)47-37(24-31)35-17-4-6-21-46-35/h1-26H. The van der Waals surface area contributed by atoms with Crippen LogP contribution in [0.5, 0.6) is 0 Å². The lowest BCUT2D eigenvalue weighted by molar-refractivity contribution is 0.635. The number of rotatable bonds is 6. The van der Waals surface area contributed by atoms with Crippen molar-refractivity contribution in [2.24, 2.45) is 0 Å². The van der Waals surface area contributed by atoms with Gasteiger partial charge in [-0.15, -0.1) is 0 Å². The minimum Gasteiger partial charge on any atom is -0.455 e. The molecule has 0 atom stereocenters. The minimum absolute atomic E-state index is 0.723. The summed E-state index contributed by atoms with van der Waals surface area (Å²) < 4.78 is 6.83. The molecular formula is C42H26N6O. The highest BCUT2D eigenvalue weighted by Crippen LogP contribution is 2.46. The predicted molar refractivity (Wildman–Crippen MR) is 193 cm³/mol. The topological polar surface area (TPSA) is 90.5 Å². The first-order valence-electron chi connectivity index (χ1n) is 15.9. The van der Waals surface area contributed by atoms with Gasteiger partial charge < -0.3 is 4.42 Å². The maximum atomic E-state index is 6.83. The van der Waals surface area contributed by atoms with Gasteiger partial charge in [0.05, 0.1) is 39.4 Å². The van der Waals surface area contributed by atoms with E-state index in [2.05, 4.69) is 68.5 Å². The van der Waals surface area contributed by atoms with E-state index < -0.39 is 0 Å². The fraction of sp³-hybridized carbons (Fsp3) is 0. The van der Waals surface area contributed by atoms with Crippen molar-refractivity contribution in [3.05, 3.63) is 159 Å². The van der Waals surface area contributed by atoms with Crippen LogP contribution in [0.1, 0.15) is 0 Å². The van der Waals surface area contributed by atoms with Gasteiger partial charge in [0, 0.05) is 64.8 Å². The SMILES string of the molecule is c1ccc(-c2cc(-c3cccc(-c4nc5ccccc5c5oc(-c6cccnc6)c(-c6cccnc6)c45)c3)cc(-c3ccccn3)n2)nc1. The van der Waals surface area contributed by atoms with E-state index in [0.29, 0.717) is 0 Å². The number of nitrogens with zero attached hydrogens (tertiary/aromatic N) is 6. The monoisotopic (exact) mass is 630 g/mol. The minimum atomic E-state index is 0.723. The Labute approximate surface area is 281 Å². The maximum absolute atomic E-state index is 6.83. The first kappa shape index (κ1) is 28.4. The van der Waals surface area contributed by atoms with Crippen LogP contribution in [0, 0.1) is 0 Å². The van der Waals surface area contributed by atoms with E-state index in [1.807, 2.05) is 85.2 Å². The van der Waals surface area contributed by atoms with Crippen molar-refractivity contribution in [2.75, 3.05) is 0 Å². The Balaban J connectivity index is 1.30. The molecule has 7 heterocycles. The Bertz CT molecular complexity index is 2530. The summed E-state index contributed by atoms with van der Waals surface area (Å²) >= 11 is 0. The maximum Gasteiger partial charge on any atom is 0.147 e. The van der Waals surface area contributed by atoms with Crippen molar-refractivity contribution in [3.63, 3.8) is 0 Å². The molecule has 7 heteroatoms. The van der Waals surface area contributed by atoms with Crippen molar-refractivity contribution < 1.29 is 4.42 Å². The van der Waals surface area contributed by atoms with E-state index >= 15 is 0 Å². The van der Waals surface area contributed by atoms with Gasteiger partial charge in [-0.05, 0) is 83.9 Å². The molecule has 0 saturated heterocycles. The number of hydrogen-bond acceptors (Lipinski definition) is 7. The van der Waals surface area contributed by atoms with Crippen molar-refractivity contribution in [1.29, 1.82) is 0 Å². The third-order valence-electron chi connectivity index (χ3n) is 8.55. The smallest absolute Gasteiger partial charge is 0.147 e. The number of furan rings is 1. The lowest BCUT2D eigenvalue weighted by Crippen LogP contribution is -1.94. The number of pyridine rings is 6. The van der Waals surface area contributed by atoms with E-state index in [9.17, 15) is 0 Å². The zero-order valence-corrected chi connectivity index (χ0v) is 26.1. The first-order chi connectivity index (χ1) is 24.3. The summed E-state index contributed by atoms with van der Waals surface area (Å²) in [6, 6.07) is 40.4. The molecule has 0 radical (unpaired) electrons. The van der Waals surface area contributed by atoms with Gasteiger partial charge in [-0.3, -0.25) is 19.9 Å². The van der Waals surface area contributed by atoms with Gasteiger partial charge in [0.2, 0.25) is 0 Å². The molecule has 0 unspecified atom stereocenters. The Morgan fingerprint density at radius 3 is 1.78 bits per heavy atom.